The van der Waals surface area contributed by atoms with E-state index in [1.54, 1.807) is 11.0 Å². The average molecular weight is 331 g/mol. The Morgan fingerprint density at radius 2 is 2.00 bits per heavy atom. The van der Waals surface area contributed by atoms with Crippen LogP contribution < -0.4 is 5.32 Å². The number of fused-ring (bicyclic) bond motifs is 1. The smallest absolute Gasteiger partial charge is 0.322 e. The number of carbonyl (C=O) groups excluding carboxylic acids is 1. The van der Waals surface area contributed by atoms with Gasteiger partial charge in [-0.2, -0.15) is 0 Å². The van der Waals surface area contributed by atoms with Crippen molar-refractivity contribution >= 4 is 23.3 Å². The van der Waals surface area contributed by atoms with E-state index in [9.17, 15) is 4.79 Å². The topological polar surface area (TPSA) is 41.6 Å². The average Bonchev–Trinajstić information content (AvgIpc) is 2.56. The van der Waals surface area contributed by atoms with Crippen LogP contribution in [0.15, 0.2) is 48.5 Å². The van der Waals surface area contributed by atoms with E-state index < -0.39 is 0 Å². The standard InChI is InChI=1S/C18H19ClN2O2/c1-2-23-11-10-21-17(13-6-4-3-5-7-13)15-12-14(19)8-9-16(15)20-18(21)22/h3-9,12,17H,2,10-11H2,1H3,(H,20,22). The van der Waals surface area contributed by atoms with Crippen LogP contribution in [0.25, 0.3) is 0 Å². The summed E-state index contributed by atoms with van der Waals surface area (Å²) in [5.74, 6) is 0. The van der Waals surface area contributed by atoms with E-state index >= 15 is 0 Å². The number of benzene rings is 2. The molecule has 120 valence electrons. The lowest BCUT2D eigenvalue weighted by atomic mass is 9.94. The highest BCUT2D eigenvalue weighted by molar-refractivity contribution is 6.30. The molecule has 0 radical (unpaired) electrons. The second-order valence-electron chi connectivity index (χ2n) is 5.37. The summed E-state index contributed by atoms with van der Waals surface area (Å²) in [5, 5.41) is 3.59. The van der Waals surface area contributed by atoms with Crippen LogP contribution in [0.2, 0.25) is 5.02 Å². The molecule has 5 heteroatoms. The van der Waals surface area contributed by atoms with Crippen LogP contribution in [0, 0.1) is 0 Å². The molecule has 1 N–H and O–H groups in total. The third-order valence-electron chi connectivity index (χ3n) is 3.92. The molecule has 0 saturated carbocycles. The maximum atomic E-state index is 12.5. The van der Waals surface area contributed by atoms with Crippen LogP contribution in [-0.4, -0.2) is 30.7 Å². The van der Waals surface area contributed by atoms with E-state index in [0.29, 0.717) is 24.8 Å². The lowest BCUT2D eigenvalue weighted by Crippen LogP contribution is -2.44. The van der Waals surface area contributed by atoms with E-state index in [1.807, 2.05) is 49.4 Å². The summed E-state index contributed by atoms with van der Waals surface area (Å²) in [6, 6.07) is 15.3. The molecule has 1 unspecified atom stereocenters. The molecule has 1 atom stereocenters. The molecule has 1 heterocycles. The Balaban J connectivity index is 2.03. The summed E-state index contributed by atoms with van der Waals surface area (Å²) in [6.45, 7) is 3.60. The van der Waals surface area contributed by atoms with Crippen molar-refractivity contribution in [1.82, 2.24) is 4.90 Å². The molecular formula is C18H19ClN2O2. The summed E-state index contributed by atoms with van der Waals surface area (Å²) in [7, 11) is 0. The van der Waals surface area contributed by atoms with E-state index in [4.69, 9.17) is 16.3 Å². The fourth-order valence-electron chi connectivity index (χ4n) is 2.88. The van der Waals surface area contributed by atoms with Gasteiger partial charge in [-0.15, -0.1) is 0 Å². The van der Waals surface area contributed by atoms with Crippen LogP contribution >= 0.6 is 11.6 Å². The van der Waals surface area contributed by atoms with Gasteiger partial charge < -0.3 is 15.0 Å². The maximum absolute atomic E-state index is 12.5. The molecule has 0 bridgehead atoms. The van der Waals surface area contributed by atoms with Crippen molar-refractivity contribution in [2.24, 2.45) is 0 Å². The highest BCUT2D eigenvalue weighted by Crippen LogP contribution is 2.38. The normalized spacial score (nSPS) is 16.9. The van der Waals surface area contributed by atoms with Crippen LogP contribution in [0.1, 0.15) is 24.1 Å². The molecule has 2 amide bonds. The zero-order valence-electron chi connectivity index (χ0n) is 13.0. The van der Waals surface area contributed by atoms with Crippen molar-refractivity contribution in [3.05, 3.63) is 64.7 Å². The van der Waals surface area contributed by atoms with Crippen LogP contribution in [-0.2, 0) is 4.74 Å². The van der Waals surface area contributed by atoms with Gasteiger partial charge in [0.2, 0.25) is 0 Å². The van der Waals surface area contributed by atoms with Crippen molar-refractivity contribution in [1.29, 1.82) is 0 Å². The number of hydrogen-bond donors (Lipinski definition) is 1. The first-order valence-electron chi connectivity index (χ1n) is 7.70. The molecule has 1 aliphatic rings. The number of halogens is 1. The third-order valence-corrected chi connectivity index (χ3v) is 4.15. The first kappa shape index (κ1) is 15.8. The molecule has 0 aliphatic carbocycles. The Hall–Kier alpha value is -2.04. The van der Waals surface area contributed by atoms with Gasteiger partial charge in [0.15, 0.2) is 0 Å². The van der Waals surface area contributed by atoms with Crippen LogP contribution in [0.3, 0.4) is 0 Å². The van der Waals surface area contributed by atoms with E-state index in [-0.39, 0.29) is 12.1 Å². The summed E-state index contributed by atoms with van der Waals surface area (Å²) in [4.78, 5) is 14.3. The number of carbonyl (C=O) groups is 1. The molecule has 2 aromatic carbocycles. The number of rotatable bonds is 5. The Labute approximate surface area is 141 Å². The van der Waals surface area contributed by atoms with Crippen molar-refractivity contribution < 1.29 is 9.53 Å². The molecule has 4 nitrogen and oxygen atoms in total. The minimum absolute atomic E-state index is 0.117. The molecule has 0 spiro atoms. The molecule has 1 aliphatic heterocycles. The molecule has 0 fully saturated rings. The van der Waals surface area contributed by atoms with E-state index in [0.717, 1.165) is 16.8 Å². The SMILES string of the molecule is CCOCCN1C(=O)Nc2ccc(Cl)cc2C1c1ccccc1. The van der Waals surface area contributed by atoms with Crippen molar-refractivity contribution in [2.45, 2.75) is 13.0 Å². The second-order valence-corrected chi connectivity index (χ2v) is 5.80. The van der Waals surface area contributed by atoms with Crippen molar-refractivity contribution in [3.8, 4) is 0 Å². The lowest BCUT2D eigenvalue weighted by Gasteiger charge is -2.37. The van der Waals surface area contributed by atoms with Crippen molar-refractivity contribution in [2.75, 3.05) is 25.1 Å². The molecule has 2 aromatic rings. The number of hydrogen-bond acceptors (Lipinski definition) is 2. The van der Waals surface area contributed by atoms with Gasteiger partial charge in [-0.25, -0.2) is 4.79 Å². The van der Waals surface area contributed by atoms with Crippen LogP contribution in [0.5, 0.6) is 0 Å². The van der Waals surface area contributed by atoms with Gasteiger partial charge in [-0.3, -0.25) is 0 Å². The van der Waals surface area contributed by atoms with Crippen LogP contribution in [0.4, 0.5) is 10.5 Å². The van der Waals surface area contributed by atoms with E-state index in [1.165, 1.54) is 0 Å². The number of nitrogens with zero attached hydrogens (tertiary/aromatic N) is 1. The van der Waals surface area contributed by atoms with E-state index in [2.05, 4.69) is 5.32 Å². The van der Waals surface area contributed by atoms with Gasteiger partial charge in [0.25, 0.3) is 0 Å². The van der Waals surface area contributed by atoms with Gasteiger partial charge in [0.05, 0.1) is 12.6 Å². The molecular weight excluding hydrogens is 312 g/mol. The third kappa shape index (κ3) is 3.33. The molecule has 0 saturated heterocycles. The minimum Gasteiger partial charge on any atom is -0.380 e. The zero-order chi connectivity index (χ0) is 16.2. The molecule has 3 rings (SSSR count). The first-order valence-corrected chi connectivity index (χ1v) is 8.08. The number of nitrogens with one attached hydrogen (secondary N) is 1. The summed E-state index contributed by atoms with van der Waals surface area (Å²) in [6.07, 6.45) is 0. The second kappa shape index (κ2) is 7.02. The predicted molar refractivity (Wildman–Crippen MR) is 92.0 cm³/mol. The summed E-state index contributed by atoms with van der Waals surface area (Å²) >= 11 is 6.18. The van der Waals surface area contributed by atoms with Gasteiger partial charge >= 0.3 is 6.03 Å². The Kier molecular flexibility index (Phi) is 4.84. The number of anilines is 1. The number of amides is 2. The first-order chi connectivity index (χ1) is 11.2. The highest BCUT2D eigenvalue weighted by atomic mass is 35.5. The highest BCUT2D eigenvalue weighted by Gasteiger charge is 2.33. The minimum atomic E-state index is -0.167. The largest absolute Gasteiger partial charge is 0.380 e. The Morgan fingerprint density at radius 1 is 1.22 bits per heavy atom. The molecule has 23 heavy (non-hydrogen) atoms. The van der Waals surface area contributed by atoms with Gasteiger partial charge in [-0.1, -0.05) is 41.9 Å². The van der Waals surface area contributed by atoms with Crippen molar-refractivity contribution in [3.63, 3.8) is 0 Å². The van der Waals surface area contributed by atoms with Gasteiger partial charge in [0.1, 0.15) is 0 Å². The number of ether oxygens (including phenoxy) is 1. The monoisotopic (exact) mass is 330 g/mol. The Bertz CT molecular complexity index is 691. The van der Waals surface area contributed by atoms with Gasteiger partial charge in [-0.05, 0) is 30.7 Å². The molecule has 0 aromatic heterocycles. The number of urea groups is 1. The summed E-state index contributed by atoms with van der Waals surface area (Å²) < 4.78 is 5.43. The summed E-state index contributed by atoms with van der Waals surface area (Å²) in [5.41, 5.74) is 2.86. The fourth-order valence-corrected chi connectivity index (χ4v) is 3.06. The maximum Gasteiger partial charge on any atom is 0.322 e. The predicted octanol–water partition coefficient (Wildman–Crippen LogP) is 4.31. The Morgan fingerprint density at radius 3 is 2.74 bits per heavy atom. The van der Waals surface area contributed by atoms with Gasteiger partial charge in [0, 0.05) is 29.4 Å². The fraction of sp³-hybridized carbons (Fsp3) is 0.278. The lowest BCUT2D eigenvalue weighted by molar-refractivity contribution is 0.113. The zero-order valence-corrected chi connectivity index (χ0v) is 13.7. The quantitative estimate of drug-likeness (QED) is 0.830.